The molecule has 196 valence electrons. The Kier molecular flexibility index (Phi) is 5.96. The Morgan fingerprint density at radius 1 is 1.16 bits per heavy atom. The number of hydrogen-bond donors (Lipinski definition) is 5. The molecule has 1 saturated heterocycles. The molecule has 2 aromatic carbocycles. The van der Waals surface area contributed by atoms with Crippen LogP contribution in [0.5, 0.6) is 11.5 Å². The van der Waals surface area contributed by atoms with Crippen molar-refractivity contribution in [3.05, 3.63) is 57.4 Å². The van der Waals surface area contributed by atoms with Gasteiger partial charge in [-0.3, -0.25) is 14.4 Å². The van der Waals surface area contributed by atoms with Gasteiger partial charge in [-0.05, 0) is 32.0 Å². The fourth-order valence-corrected chi connectivity index (χ4v) is 5.45. The second-order valence-electron chi connectivity index (χ2n) is 9.94. The van der Waals surface area contributed by atoms with Crippen LogP contribution in [0.25, 0.3) is 0 Å². The molecule has 1 fully saturated rings. The van der Waals surface area contributed by atoms with Gasteiger partial charge in [0, 0.05) is 47.6 Å². The van der Waals surface area contributed by atoms with Gasteiger partial charge in [0.25, 0.3) is 0 Å². The Hall–Kier alpha value is -3.22. The Morgan fingerprint density at radius 3 is 2.46 bits per heavy atom. The van der Waals surface area contributed by atoms with Gasteiger partial charge in [-0.1, -0.05) is 0 Å². The molecule has 5 rings (SSSR count). The average Bonchev–Trinajstić information content (AvgIpc) is 2.82. The van der Waals surface area contributed by atoms with Gasteiger partial charge in [0.15, 0.2) is 23.6 Å². The van der Waals surface area contributed by atoms with E-state index in [1.165, 1.54) is 0 Å². The third-order valence-electron chi connectivity index (χ3n) is 7.55. The van der Waals surface area contributed by atoms with Gasteiger partial charge < -0.3 is 35.6 Å². The maximum Gasteiger partial charge on any atom is 0.198 e. The molecule has 37 heavy (non-hydrogen) atoms. The van der Waals surface area contributed by atoms with Crippen molar-refractivity contribution in [2.75, 3.05) is 0 Å². The lowest BCUT2D eigenvalue weighted by Crippen LogP contribution is -2.52. The number of aliphatic hydroxyl groups is 2. The molecule has 10 nitrogen and oxygen atoms in total. The van der Waals surface area contributed by atoms with Gasteiger partial charge in [0.1, 0.15) is 22.9 Å². The van der Waals surface area contributed by atoms with E-state index in [9.17, 15) is 39.2 Å². The summed E-state index contributed by atoms with van der Waals surface area (Å²) < 4.78 is 25.6. The number of halogens is 1. The highest BCUT2D eigenvalue weighted by Crippen LogP contribution is 2.52. The molecule has 0 radical (unpaired) electrons. The Bertz CT molecular complexity index is 1350. The van der Waals surface area contributed by atoms with Crippen molar-refractivity contribution in [1.82, 2.24) is 0 Å². The van der Waals surface area contributed by atoms with Crippen LogP contribution < -0.4 is 5.73 Å². The van der Waals surface area contributed by atoms with Crippen LogP contribution in [0.2, 0.25) is 0 Å². The standard InChI is InChI=1S/C26H26FNO9/c1-9-21(30)15(28)6-17(36-9)37-16-8-26(35,10(2)29)7-14-18(16)25(34)20-19(24(14)33)23(32)13-5-11(27)3-4-12(13)22(20)31/h3-5,9,15-17,21,30,33-35H,6-8,28H2,1-2H3. The van der Waals surface area contributed by atoms with E-state index in [-0.39, 0.29) is 35.1 Å². The molecule has 0 bridgehead atoms. The number of phenolic OH excluding ortho intramolecular Hbond substituents is 2. The molecular formula is C26H26FNO9. The number of aromatic hydroxyl groups is 2. The van der Waals surface area contributed by atoms with Crippen LogP contribution in [0.4, 0.5) is 4.39 Å². The van der Waals surface area contributed by atoms with Crippen molar-refractivity contribution in [1.29, 1.82) is 0 Å². The molecule has 3 aliphatic rings. The quantitative estimate of drug-likeness (QED) is 0.318. The first kappa shape index (κ1) is 25.4. The molecule has 1 aliphatic heterocycles. The molecule has 0 saturated carbocycles. The van der Waals surface area contributed by atoms with Gasteiger partial charge in [0.05, 0.1) is 29.4 Å². The van der Waals surface area contributed by atoms with E-state index < -0.39 is 88.5 Å². The molecule has 11 heteroatoms. The average molecular weight is 515 g/mol. The minimum atomic E-state index is -2.04. The van der Waals surface area contributed by atoms with Crippen molar-refractivity contribution in [2.24, 2.45) is 5.73 Å². The molecule has 0 amide bonds. The first-order chi connectivity index (χ1) is 17.3. The number of aliphatic hydroxyl groups excluding tert-OH is 1. The number of Topliss-reactive ketones (excluding diaryl/α,β-unsaturated/α-hetero) is 1. The number of phenols is 2. The largest absolute Gasteiger partial charge is 0.507 e. The van der Waals surface area contributed by atoms with E-state index in [2.05, 4.69) is 0 Å². The summed E-state index contributed by atoms with van der Waals surface area (Å²) in [6, 6.07) is 2.29. The Morgan fingerprint density at radius 2 is 1.81 bits per heavy atom. The van der Waals surface area contributed by atoms with Crippen molar-refractivity contribution in [3.63, 3.8) is 0 Å². The second kappa shape index (κ2) is 8.67. The molecule has 1 heterocycles. The number of hydrogen-bond acceptors (Lipinski definition) is 10. The molecule has 6 N–H and O–H groups in total. The number of rotatable bonds is 3. The van der Waals surface area contributed by atoms with Crippen LogP contribution in [0.1, 0.15) is 75.8 Å². The maximum atomic E-state index is 13.9. The molecule has 6 unspecified atom stereocenters. The highest BCUT2D eigenvalue weighted by Gasteiger charge is 2.49. The molecule has 6 atom stereocenters. The number of ether oxygens (including phenoxy) is 2. The Balaban J connectivity index is 1.67. The third kappa shape index (κ3) is 3.85. The molecule has 2 aliphatic carbocycles. The van der Waals surface area contributed by atoms with Crippen molar-refractivity contribution >= 4 is 17.3 Å². The number of carbonyl (C=O) groups is 3. The summed E-state index contributed by atoms with van der Waals surface area (Å²) in [5.41, 5.74) is 2.26. The zero-order valence-corrected chi connectivity index (χ0v) is 20.0. The smallest absolute Gasteiger partial charge is 0.198 e. The van der Waals surface area contributed by atoms with Gasteiger partial charge >= 0.3 is 0 Å². The maximum absolute atomic E-state index is 13.9. The van der Waals surface area contributed by atoms with Gasteiger partial charge in [-0.2, -0.15) is 0 Å². The predicted octanol–water partition coefficient (Wildman–Crippen LogP) is 1.16. The van der Waals surface area contributed by atoms with Crippen LogP contribution in [0.3, 0.4) is 0 Å². The zero-order chi connectivity index (χ0) is 27.0. The summed E-state index contributed by atoms with van der Waals surface area (Å²) in [5.74, 6) is -4.48. The first-order valence-corrected chi connectivity index (χ1v) is 11.8. The third-order valence-corrected chi connectivity index (χ3v) is 7.55. The summed E-state index contributed by atoms with van der Waals surface area (Å²) in [6.07, 6.45) is -4.70. The topological polar surface area (TPSA) is 177 Å². The molecule has 2 aromatic rings. The number of ketones is 3. The van der Waals surface area contributed by atoms with Crippen LogP contribution in [0, 0.1) is 5.82 Å². The number of fused-ring (bicyclic) bond motifs is 3. The zero-order valence-electron chi connectivity index (χ0n) is 20.0. The highest BCUT2D eigenvalue weighted by molar-refractivity contribution is 6.30. The van der Waals surface area contributed by atoms with Crippen LogP contribution in [0.15, 0.2) is 18.2 Å². The van der Waals surface area contributed by atoms with E-state index >= 15 is 0 Å². The van der Waals surface area contributed by atoms with Crippen LogP contribution in [-0.4, -0.2) is 67.9 Å². The van der Waals surface area contributed by atoms with Gasteiger partial charge in [-0.15, -0.1) is 0 Å². The van der Waals surface area contributed by atoms with Crippen molar-refractivity contribution in [3.8, 4) is 11.5 Å². The summed E-state index contributed by atoms with van der Waals surface area (Å²) in [5, 5.41) is 43.8. The predicted molar refractivity (Wildman–Crippen MR) is 124 cm³/mol. The Labute approximate surface area is 210 Å². The molecule has 0 aromatic heterocycles. The summed E-state index contributed by atoms with van der Waals surface area (Å²) in [7, 11) is 0. The van der Waals surface area contributed by atoms with E-state index in [1.807, 2.05) is 0 Å². The fraction of sp³-hybridized carbons (Fsp3) is 0.423. The monoisotopic (exact) mass is 515 g/mol. The van der Waals surface area contributed by atoms with Crippen LogP contribution in [-0.2, 0) is 20.7 Å². The van der Waals surface area contributed by atoms with E-state index in [1.54, 1.807) is 6.92 Å². The highest BCUT2D eigenvalue weighted by atomic mass is 19.1. The second-order valence-corrected chi connectivity index (χ2v) is 9.94. The normalized spacial score (nSPS) is 30.9. The molecular weight excluding hydrogens is 489 g/mol. The van der Waals surface area contributed by atoms with Gasteiger partial charge in [-0.25, -0.2) is 4.39 Å². The summed E-state index contributed by atoms with van der Waals surface area (Å²) in [4.78, 5) is 39.0. The summed E-state index contributed by atoms with van der Waals surface area (Å²) >= 11 is 0. The van der Waals surface area contributed by atoms with E-state index in [0.717, 1.165) is 25.1 Å². The summed E-state index contributed by atoms with van der Waals surface area (Å²) in [6.45, 7) is 2.74. The SMILES string of the molecule is CC(=O)C1(O)Cc2c(O)c3c(c(O)c2C(OC2CC(N)C(O)C(C)O2)C1)C(=O)c1ccc(F)cc1C3=O. The lowest BCUT2D eigenvalue weighted by Gasteiger charge is -2.42. The molecule has 0 spiro atoms. The van der Waals surface area contributed by atoms with Crippen LogP contribution >= 0.6 is 0 Å². The number of nitrogens with two attached hydrogens (primary N) is 1. The first-order valence-electron chi connectivity index (χ1n) is 11.8. The minimum absolute atomic E-state index is 0.0455. The lowest BCUT2D eigenvalue weighted by molar-refractivity contribution is -0.247. The lowest BCUT2D eigenvalue weighted by atomic mass is 9.72. The fourth-order valence-electron chi connectivity index (χ4n) is 5.45. The van der Waals surface area contributed by atoms with E-state index in [4.69, 9.17) is 15.2 Å². The van der Waals surface area contributed by atoms with Crippen molar-refractivity contribution < 1.29 is 48.7 Å². The van der Waals surface area contributed by atoms with E-state index in [0.29, 0.717) is 0 Å². The minimum Gasteiger partial charge on any atom is -0.507 e. The van der Waals surface area contributed by atoms with Crippen molar-refractivity contribution in [2.45, 2.75) is 69.4 Å². The number of benzene rings is 2. The number of carbonyl (C=O) groups excluding carboxylic acids is 3. The van der Waals surface area contributed by atoms with Gasteiger partial charge in [0.2, 0.25) is 0 Å².